The second-order valence-corrected chi connectivity index (χ2v) is 5.34. The number of halogens is 2. The molecule has 1 atom stereocenters. The van der Waals surface area contributed by atoms with E-state index in [-0.39, 0.29) is 6.04 Å². The molecule has 18 heavy (non-hydrogen) atoms. The number of hydrogen-bond donors (Lipinski definition) is 1. The summed E-state index contributed by atoms with van der Waals surface area (Å²) in [5.74, 6) is 0.566. The molecule has 4 nitrogen and oxygen atoms in total. The molecule has 1 unspecified atom stereocenters. The molecule has 1 aliphatic rings. The summed E-state index contributed by atoms with van der Waals surface area (Å²) < 4.78 is 5.99. The Bertz CT molecular complexity index is 467. The fourth-order valence-corrected chi connectivity index (χ4v) is 2.43. The number of methoxy groups -OCH3 is 1. The summed E-state index contributed by atoms with van der Waals surface area (Å²) >= 11 is 9.51. The lowest BCUT2D eigenvalue weighted by atomic mass is 10.1. The summed E-state index contributed by atoms with van der Waals surface area (Å²) in [7, 11) is 1.68. The van der Waals surface area contributed by atoms with E-state index in [1.807, 2.05) is 23.1 Å². The van der Waals surface area contributed by atoms with Crippen molar-refractivity contribution < 1.29 is 4.74 Å². The summed E-state index contributed by atoms with van der Waals surface area (Å²) in [5.41, 5.74) is 7.01. The number of ether oxygens (including phenoxy) is 1. The standard InChI is InChI=1S/C12H15BrClN3O/c1-18-5-4-17-11(7-16-12(17)15)8-2-3-9(13)10(14)6-8/h2-3,6,11H,4-5,7H2,1H3,(H2,15,16). The van der Waals surface area contributed by atoms with Gasteiger partial charge in [0, 0.05) is 18.1 Å². The van der Waals surface area contributed by atoms with Gasteiger partial charge in [-0.2, -0.15) is 0 Å². The topological polar surface area (TPSA) is 50.9 Å². The van der Waals surface area contributed by atoms with E-state index in [0.29, 0.717) is 24.1 Å². The Kier molecular flexibility index (Phi) is 4.48. The van der Waals surface area contributed by atoms with Gasteiger partial charge in [-0.25, -0.2) is 0 Å². The predicted octanol–water partition coefficient (Wildman–Crippen LogP) is 2.42. The maximum absolute atomic E-state index is 6.12. The van der Waals surface area contributed by atoms with Gasteiger partial charge in [0.15, 0.2) is 5.96 Å². The normalized spacial score (nSPS) is 19.2. The Labute approximate surface area is 120 Å². The van der Waals surface area contributed by atoms with Crippen LogP contribution in [0.2, 0.25) is 5.02 Å². The van der Waals surface area contributed by atoms with Gasteiger partial charge in [-0.3, -0.25) is 4.99 Å². The Balaban J connectivity index is 2.19. The minimum Gasteiger partial charge on any atom is -0.383 e. The van der Waals surface area contributed by atoms with Crippen molar-refractivity contribution in [1.82, 2.24) is 4.90 Å². The highest BCUT2D eigenvalue weighted by Crippen LogP contribution is 2.30. The summed E-state index contributed by atoms with van der Waals surface area (Å²) in [6.07, 6.45) is 0. The third-order valence-corrected chi connectivity index (χ3v) is 4.19. The van der Waals surface area contributed by atoms with Crippen LogP contribution in [-0.2, 0) is 4.74 Å². The second kappa shape index (κ2) is 5.91. The number of rotatable bonds is 4. The van der Waals surface area contributed by atoms with Crippen LogP contribution in [0.15, 0.2) is 27.7 Å². The highest BCUT2D eigenvalue weighted by molar-refractivity contribution is 9.10. The smallest absolute Gasteiger partial charge is 0.192 e. The Hall–Kier alpha value is -0.780. The molecule has 0 saturated carbocycles. The van der Waals surface area contributed by atoms with E-state index in [4.69, 9.17) is 22.1 Å². The molecular weight excluding hydrogens is 318 g/mol. The average Bonchev–Trinajstić information content (AvgIpc) is 2.72. The fraction of sp³-hybridized carbons (Fsp3) is 0.417. The van der Waals surface area contributed by atoms with Crippen LogP contribution >= 0.6 is 27.5 Å². The van der Waals surface area contributed by atoms with Crippen LogP contribution in [-0.4, -0.2) is 37.7 Å². The van der Waals surface area contributed by atoms with Crippen molar-refractivity contribution in [2.45, 2.75) is 6.04 Å². The molecule has 98 valence electrons. The van der Waals surface area contributed by atoms with Gasteiger partial charge in [-0.1, -0.05) is 17.7 Å². The van der Waals surface area contributed by atoms with Crippen LogP contribution in [0.1, 0.15) is 11.6 Å². The molecule has 1 aliphatic heterocycles. The average molecular weight is 333 g/mol. The third kappa shape index (κ3) is 2.79. The van der Waals surface area contributed by atoms with Gasteiger partial charge in [0.05, 0.1) is 24.2 Å². The van der Waals surface area contributed by atoms with E-state index in [0.717, 1.165) is 16.6 Å². The van der Waals surface area contributed by atoms with E-state index >= 15 is 0 Å². The molecule has 1 heterocycles. The van der Waals surface area contributed by atoms with E-state index in [1.54, 1.807) is 7.11 Å². The molecule has 0 aliphatic carbocycles. The number of nitrogens with two attached hydrogens (primary N) is 1. The number of aliphatic imine (C=N–C) groups is 1. The molecule has 1 aromatic carbocycles. The van der Waals surface area contributed by atoms with Gasteiger partial charge < -0.3 is 15.4 Å². The second-order valence-electron chi connectivity index (χ2n) is 4.07. The van der Waals surface area contributed by atoms with Crippen molar-refractivity contribution in [3.8, 4) is 0 Å². The largest absolute Gasteiger partial charge is 0.383 e. The van der Waals surface area contributed by atoms with Crippen LogP contribution in [0.3, 0.4) is 0 Å². The number of benzene rings is 1. The summed E-state index contributed by atoms with van der Waals surface area (Å²) in [6.45, 7) is 2.01. The van der Waals surface area contributed by atoms with Crippen molar-refractivity contribution in [2.75, 3.05) is 26.8 Å². The first-order valence-corrected chi connectivity index (χ1v) is 6.81. The van der Waals surface area contributed by atoms with Crippen molar-refractivity contribution in [2.24, 2.45) is 10.7 Å². The zero-order chi connectivity index (χ0) is 13.1. The van der Waals surface area contributed by atoms with Crippen molar-refractivity contribution >= 4 is 33.5 Å². The minimum absolute atomic E-state index is 0.144. The third-order valence-electron chi connectivity index (χ3n) is 2.96. The van der Waals surface area contributed by atoms with Gasteiger partial charge >= 0.3 is 0 Å². The lowest BCUT2D eigenvalue weighted by molar-refractivity contribution is 0.166. The first-order valence-electron chi connectivity index (χ1n) is 5.64. The van der Waals surface area contributed by atoms with Crippen molar-refractivity contribution in [3.63, 3.8) is 0 Å². The summed E-state index contributed by atoms with van der Waals surface area (Å²) in [5, 5.41) is 0.699. The lowest BCUT2D eigenvalue weighted by Gasteiger charge is -2.26. The zero-order valence-corrected chi connectivity index (χ0v) is 12.4. The van der Waals surface area contributed by atoms with Crippen LogP contribution in [0, 0.1) is 0 Å². The SMILES string of the molecule is COCCN1C(N)=NCC1c1ccc(Br)c(Cl)c1. The van der Waals surface area contributed by atoms with Gasteiger partial charge in [0.1, 0.15) is 0 Å². The number of hydrogen-bond acceptors (Lipinski definition) is 4. The molecule has 0 amide bonds. The molecule has 2 rings (SSSR count). The van der Waals surface area contributed by atoms with E-state index in [1.165, 1.54) is 0 Å². The lowest BCUT2D eigenvalue weighted by Crippen LogP contribution is -2.38. The molecule has 0 saturated heterocycles. The zero-order valence-electron chi connectivity index (χ0n) is 10.1. The Morgan fingerprint density at radius 2 is 2.39 bits per heavy atom. The first kappa shape index (κ1) is 13.6. The predicted molar refractivity (Wildman–Crippen MR) is 77.0 cm³/mol. The molecule has 6 heteroatoms. The summed E-state index contributed by atoms with van der Waals surface area (Å²) in [6, 6.07) is 6.07. The maximum Gasteiger partial charge on any atom is 0.192 e. The van der Waals surface area contributed by atoms with Gasteiger partial charge in [-0.05, 0) is 33.6 Å². The fourth-order valence-electron chi connectivity index (χ4n) is 1.99. The van der Waals surface area contributed by atoms with Crippen molar-refractivity contribution in [3.05, 3.63) is 33.3 Å². The highest BCUT2D eigenvalue weighted by atomic mass is 79.9. The molecule has 0 aromatic heterocycles. The molecule has 0 bridgehead atoms. The number of nitrogens with zero attached hydrogens (tertiary/aromatic N) is 2. The monoisotopic (exact) mass is 331 g/mol. The molecule has 0 spiro atoms. The van der Waals surface area contributed by atoms with Gasteiger partial charge in [0.25, 0.3) is 0 Å². The van der Waals surface area contributed by atoms with Crippen LogP contribution in [0.5, 0.6) is 0 Å². The number of guanidine groups is 1. The summed E-state index contributed by atoms with van der Waals surface area (Å²) in [4.78, 5) is 6.34. The minimum atomic E-state index is 0.144. The molecular formula is C12H15BrClN3O. The highest BCUT2D eigenvalue weighted by Gasteiger charge is 2.27. The van der Waals surface area contributed by atoms with E-state index < -0.39 is 0 Å². The van der Waals surface area contributed by atoms with Gasteiger partial charge in [0.2, 0.25) is 0 Å². The molecule has 1 aromatic rings. The van der Waals surface area contributed by atoms with Crippen LogP contribution in [0.4, 0.5) is 0 Å². The van der Waals surface area contributed by atoms with Crippen LogP contribution < -0.4 is 5.73 Å². The molecule has 2 N–H and O–H groups in total. The maximum atomic E-state index is 6.12. The van der Waals surface area contributed by atoms with Gasteiger partial charge in [-0.15, -0.1) is 0 Å². The molecule has 0 radical (unpaired) electrons. The van der Waals surface area contributed by atoms with Crippen LogP contribution in [0.25, 0.3) is 0 Å². The van der Waals surface area contributed by atoms with E-state index in [9.17, 15) is 0 Å². The van der Waals surface area contributed by atoms with Crippen molar-refractivity contribution in [1.29, 1.82) is 0 Å². The quantitative estimate of drug-likeness (QED) is 0.921. The van der Waals surface area contributed by atoms with E-state index in [2.05, 4.69) is 20.9 Å². The molecule has 0 fully saturated rings. The first-order chi connectivity index (χ1) is 8.63. The Morgan fingerprint density at radius 1 is 1.61 bits per heavy atom. The Morgan fingerprint density at radius 3 is 3.06 bits per heavy atom.